The summed E-state index contributed by atoms with van der Waals surface area (Å²) in [7, 11) is 0. The van der Waals surface area contributed by atoms with Crippen molar-refractivity contribution in [3.8, 4) is 0 Å². The van der Waals surface area contributed by atoms with Crippen LogP contribution in [0.2, 0.25) is 0 Å². The van der Waals surface area contributed by atoms with E-state index in [2.05, 4.69) is 5.32 Å². The van der Waals surface area contributed by atoms with Crippen molar-refractivity contribution in [3.05, 3.63) is 41.6 Å². The Morgan fingerprint density at radius 3 is 2.56 bits per heavy atom. The number of likely N-dealkylation sites (tertiary alicyclic amines) is 1. The van der Waals surface area contributed by atoms with Crippen LogP contribution in [0.3, 0.4) is 0 Å². The van der Waals surface area contributed by atoms with Gasteiger partial charge in [0.05, 0.1) is 11.9 Å². The SMILES string of the molecule is CC(C([NH-])=O)N1CCCC(C)(C)C(NC(=O)OCc2ccccc2)C1=O.[Y+3]. The zero-order valence-electron chi connectivity index (χ0n) is 16.0. The standard InChI is InChI=1S/C19H27N3O4.Y/c1-13(16(20)23)22-11-7-10-19(2,3)15(17(22)24)21-18(25)26-12-14-8-5-4-6-9-14;/h4-6,8-9,13,15H,7,10-12H2,1-3H3,(H3,20,21,23,25);/q;+3/p-1. The molecule has 8 heteroatoms. The van der Waals surface area contributed by atoms with Gasteiger partial charge in [-0.3, -0.25) is 4.79 Å². The fourth-order valence-corrected chi connectivity index (χ4v) is 3.13. The molecule has 1 aromatic carbocycles. The molecule has 1 aliphatic heterocycles. The Bertz CT molecular complexity index is 666. The Morgan fingerprint density at radius 1 is 1.33 bits per heavy atom. The zero-order valence-corrected chi connectivity index (χ0v) is 18.9. The number of rotatable bonds is 5. The number of hydrogen-bond acceptors (Lipinski definition) is 4. The third kappa shape index (κ3) is 6.28. The molecule has 142 valence electrons. The molecule has 2 N–H and O–H groups in total. The Balaban J connectivity index is 0.00000364. The van der Waals surface area contributed by atoms with Gasteiger partial charge in [0, 0.05) is 6.54 Å². The van der Waals surface area contributed by atoms with Crippen molar-refractivity contribution < 1.29 is 51.8 Å². The number of nitrogens with zero attached hydrogens (tertiary/aromatic N) is 1. The van der Waals surface area contributed by atoms with Crippen molar-refractivity contribution in [1.82, 2.24) is 10.2 Å². The topological polar surface area (TPSA) is 99.5 Å². The van der Waals surface area contributed by atoms with Crippen LogP contribution in [0, 0.1) is 5.41 Å². The Kier molecular flexibility index (Phi) is 8.89. The van der Waals surface area contributed by atoms with Crippen molar-refractivity contribution in [2.45, 2.75) is 52.3 Å². The molecule has 0 aliphatic carbocycles. The molecule has 0 radical (unpaired) electrons. The van der Waals surface area contributed by atoms with Gasteiger partial charge in [-0.2, -0.15) is 0 Å². The molecule has 1 aromatic rings. The van der Waals surface area contributed by atoms with Crippen LogP contribution in [0.1, 0.15) is 39.2 Å². The number of carbonyl (C=O) groups excluding carboxylic acids is 3. The fourth-order valence-electron chi connectivity index (χ4n) is 3.13. The van der Waals surface area contributed by atoms with E-state index in [1.807, 2.05) is 44.2 Å². The molecule has 1 heterocycles. The number of ether oxygens (including phenoxy) is 1. The number of carbonyl (C=O) groups is 3. The number of hydrogen-bond donors (Lipinski definition) is 1. The molecule has 1 saturated heterocycles. The summed E-state index contributed by atoms with van der Waals surface area (Å²) in [6.07, 6.45) is 0.734. The molecule has 1 fully saturated rings. The Morgan fingerprint density at radius 2 is 1.96 bits per heavy atom. The summed E-state index contributed by atoms with van der Waals surface area (Å²) in [5.41, 5.74) is 7.67. The number of nitrogens with one attached hydrogen (secondary N) is 2. The molecule has 0 aromatic heterocycles. The van der Waals surface area contributed by atoms with Gasteiger partial charge >= 0.3 is 38.8 Å². The van der Waals surface area contributed by atoms with Crippen LogP contribution in [0.5, 0.6) is 0 Å². The number of benzene rings is 1. The first-order valence-electron chi connectivity index (χ1n) is 8.75. The fraction of sp³-hybridized carbons (Fsp3) is 0.526. The summed E-state index contributed by atoms with van der Waals surface area (Å²) in [6, 6.07) is 7.63. The predicted octanol–water partition coefficient (Wildman–Crippen LogP) is 2.89. The molecule has 27 heavy (non-hydrogen) atoms. The molecule has 0 spiro atoms. The van der Waals surface area contributed by atoms with E-state index in [0.717, 1.165) is 5.56 Å². The van der Waals surface area contributed by atoms with E-state index in [9.17, 15) is 14.4 Å². The minimum atomic E-state index is -0.832. The first-order chi connectivity index (χ1) is 12.2. The summed E-state index contributed by atoms with van der Waals surface area (Å²) in [4.78, 5) is 38.0. The van der Waals surface area contributed by atoms with Gasteiger partial charge in [-0.05, 0) is 30.7 Å². The molecule has 0 bridgehead atoms. The molecule has 1 aliphatic rings. The van der Waals surface area contributed by atoms with Crippen molar-refractivity contribution in [2.75, 3.05) is 6.54 Å². The summed E-state index contributed by atoms with van der Waals surface area (Å²) in [6.45, 7) is 5.86. The van der Waals surface area contributed by atoms with E-state index >= 15 is 0 Å². The largest absolute Gasteiger partial charge is 3.00 e. The quantitative estimate of drug-likeness (QED) is 0.747. The van der Waals surface area contributed by atoms with Crippen LogP contribution in [0.4, 0.5) is 4.79 Å². The van der Waals surface area contributed by atoms with Gasteiger partial charge in [-0.25, -0.2) is 4.79 Å². The third-order valence-corrected chi connectivity index (χ3v) is 4.85. The van der Waals surface area contributed by atoms with Gasteiger partial charge in [0.2, 0.25) is 5.91 Å². The van der Waals surface area contributed by atoms with Crippen molar-refractivity contribution in [2.24, 2.45) is 5.41 Å². The maximum absolute atomic E-state index is 12.9. The van der Waals surface area contributed by atoms with Crippen LogP contribution < -0.4 is 5.32 Å². The van der Waals surface area contributed by atoms with Crippen LogP contribution in [0.15, 0.2) is 30.3 Å². The smallest absolute Gasteiger partial charge is 0.666 e. The molecular formula is C19H26N3O4Y+2. The normalized spacial score (nSPS) is 20.0. The summed E-state index contributed by atoms with van der Waals surface area (Å²) in [5.74, 6) is -1.17. The van der Waals surface area contributed by atoms with E-state index in [-0.39, 0.29) is 45.2 Å². The maximum atomic E-state index is 12.9. The second-order valence-corrected chi connectivity index (χ2v) is 7.30. The van der Waals surface area contributed by atoms with E-state index in [4.69, 9.17) is 10.5 Å². The maximum Gasteiger partial charge on any atom is 3.00 e. The first kappa shape index (κ1) is 23.6. The minimum Gasteiger partial charge on any atom is -0.666 e. The van der Waals surface area contributed by atoms with Crippen LogP contribution in [-0.2, 0) is 53.6 Å². The molecule has 2 unspecified atom stereocenters. The average molecular weight is 449 g/mol. The van der Waals surface area contributed by atoms with Crippen LogP contribution >= 0.6 is 0 Å². The van der Waals surface area contributed by atoms with Gasteiger partial charge in [0.1, 0.15) is 12.6 Å². The first-order valence-corrected chi connectivity index (χ1v) is 8.75. The van der Waals surface area contributed by atoms with E-state index in [0.29, 0.717) is 19.4 Å². The molecule has 2 rings (SSSR count). The van der Waals surface area contributed by atoms with Gasteiger partial charge in [-0.1, -0.05) is 44.2 Å². The van der Waals surface area contributed by atoms with Gasteiger partial charge in [0.25, 0.3) is 0 Å². The monoisotopic (exact) mass is 449 g/mol. The van der Waals surface area contributed by atoms with Gasteiger partial charge in [-0.15, -0.1) is 0 Å². The zero-order chi connectivity index (χ0) is 19.3. The molecule has 2 atom stereocenters. The molecular weight excluding hydrogens is 423 g/mol. The van der Waals surface area contributed by atoms with Crippen LogP contribution in [-0.4, -0.2) is 41.4 Å². The second kappa shape index (κ2) is 10.2. The van der Waals surface area contributed by atoms with Crippen LogP contribution in [0.25, 0.3) is 5.73 Å². The predicted molar refractivity (Wildman–Crippen MR) is 97.1 cm³/mol. The third-order valence-electron chi connectivity index (χ3n) is 4.85. The number of amides is 3. The summed E-state index contributed by atoms with van der Waals surface area (Å²) in [5, 5.41) is 2.67. The average Bonchev–Trinajstić information content (AvgIpc) is 2.71. The van der Waals surface area contributed by atoms with Gasteiger partial charge < -0.3 is 25.5 Å². The van der Waals surface area contributed by atoms with E-state index in [1.54, 1.807) is 0 Å². The van der Waals surface area contributed by atoms with E-state index < -0.39 is 29.5 Å². The van der Waals surface area contributed by atoms with Gasteiger partial charge in [0.15, 0.2) is 0 Å². The van der Waals surface area contributed by atoms with Crippen molar-refractivity contribution in [3.63, 3.8) is 0 Å². The Labute approximate surface area is 185 Å². The second-order valence-electron chi connectivity index (χ2n) is 7.30. The molecule has 3 amide bonds. The number of alkyl carbamates (subject to hydrolysis) is 1. The Hall–Kier alpha value is -1.47. The van der Waals surface area contributed by atoms with Crippen molar-refractivity contribution in [1.29, 1.82) is 0 Å². The van der Waals surface area contributed by atoms with E-state index in [1.165, 1.54) is 11.8 Å². The summed E-state index contributed by atoms with van der Waals surface area (Å²) < 4.78 is 5.23. The minimum absolute atomic E-state index is 0. The molecule has 7 nitrogen and oxygen atoms in total. The summed E-state index contributed by atoms with van der Waals surface area (Å²) >= 11 is 0. The molecule has 0 saturated carbocycles. The van der Waals surface area contributed by atoms with Crippen molar-refractivity contribution >= 4 is 17.9 Å².